The van der Waals surface area contributed by atoms with Crippen LogP contribution < -0.4 is 9.47 Å². The Morgan fingerprint density at radius 1 is 0.857 bits per heavy atom. The highest BCUT2D eigenvalue weighted by Crippen LogP contribution is 2.35. The monoisotopic (exact) mass is 633 g/mol. The van der Waals surface area contributed by atoms with Crippen molar-refractivity contribution in [3.63, 3.8) is 0 Å². The predicted molar refractivity (Wildman–Crippen MR) is 162 cm³/mol. The summed E-state index contributed by atoms with van der Waals surface area (Å²) in [6.07, 6.45) is 2.05. The van der Waals surface area contributed by atoms with E-state index in [-0.39, 0.29) is 18.2 Å². The smallest absolute Gasteiger partial charge is 0.305 e. The van der Waals surface area contributed by atoms with Gasteiger partial charge in [-0.1, -0.05) is 34.8 Å². The molecule has 0 unspecified atom stereocenters. The third kappa shape index (κ3) is 8.61. The first-order valence-electron chi connectivity index (χ1n) is 13.3. The Balaban J connectivity index is 1.14. The first kappa shape index (κ1) is 31.6. The van der Waals surface area contributed by atoms with Crippen molar-refractivity contribution in [2.24, 2.45) is 0 Å². The molecule has 42 heavy (non-hydrogen) atoms. The minimum absolute atomic E-state index is 0.0391. The van der Waals surface area contributed by atoms with Gasteiger partial charge in [-0.25, -0.2) is 4.98 Å². The van der Waals surface area contributed by atoms with Crippen molar-refractivity contribution < 1.29 is 33.0 Å². The molecule has 0 saturated heterocycles. The third-order valence-electron chi connectivity index (χ3n) is 6.25. The lowest BCUT2D eigenvalue weighted by atomic mass is 10.1. The van der Waals surface area contributed by atoms with E-state index in [1.807, 2.05) is 6.07 Å². The Bertz CT molecular complexity index is 1530. The third-order valence-corrected chi connectivity index (χ3v) is 7.10. The second-order valence-electron chi connectivity index (χ2n) is 9.38. The van der Waals surface area contributed by atoms with Gasteiger partial charge in [0.25, 0.3) is 0 Å². The lowest BCUT2D eigenvalue weighted by Gasteiger charge is -2.12. The van der Waals surface area contributed by atoms with E-state index in [0.717, 1.165) is 5.56 Å². The van der Waals surface area contributed by atoms with Crippen LogP contribution in [0.4, 0.5) is 0 Å². The number of methoxy groups -OCH3 is 1. The highest BCUT2D eigenvalue weighted by Gasteiger charge is 2.13. The average Bonchev–Trinajstić information content (AvgIpc) is 3.40. The number of esters is 1. The van der Waals surface area contributed by atoms with Gasteiger partial charge >= 0.3 is 5.97 Å². The molecule has 0 spiro atoms. The van der Waals surface area contributed by atoms with Crippen molar-refractivity contribution in [1.82, 2.24) is 4.98 Å². The molecule has 0 aliphatic heterocycles. The zero-order valence-electron chi connectivity index (χ0n) is 23.2. The highest BCUT2D eigenvalue weighted by atomic mass is 35.5. The molecule has 0 aliphatic rings. The molecule has 222 valence electrons. The quantitative estimate of drug-likeness (QED) is 0.0737. The minimum Gasteiger partial charge on any atom is -0.492 e. The molecule has 3 aromatic carbocycles. The number of ether oxygens (including phenoxy) is 4. The first-order valence-corrected chi connectivity index (χ1v) is 14.5. The van der Waals surface area contributed by atoms with E-state index in [0.29, 0.717) is 100 Å². The van der Waals surface area contributed by atoms with E-state index in [1.165, 1.54) is 14.0 Å². The van der Waals surface area contributed by atoms with Gasteiger partial charge in [0.05, 0.1) is 35.4 Å². The molecule has 0 aliphatic carbocycles. The fourth-order valence-corrected chi connectivity index (χ4v) is 4.92. The van der Waals surface area contributed by atoms with E-state index in [1.54, 1.807) is 42.5 Å². The largest absolute Gasteiger partial charge is 0.492 e. The summed E-state index contributed by atoms with van der Waals surface area (Å²) in [5.74, 6) is 1.04. The van der Waals surface area contributed by atoms with Crippen LogP contribution in [0.25, 0.3) is 22.6 Å². The fraction of sp³-hybridized carbons (Fsp3) is 0.323. The molecular weight excluding hydrogens is 605 g/mol. The van der Waals surface area contributed by atoms with E-state index in [2.05, 4.69) is 9.72 Å². The summed E-state index contributed by atoms with van der Waals surface area (Å²) in [6.45, 7) is 3.33. The van der Waals surface area contributed by atoms with Gasteiger partial charge < -0.3 is 23.4 Å². The maximum Gasteiger partial charge on any atom is 0.305 e. The Morgan fingerprint density at radius 3 is 2.24 bits per heavy atom. The van der Waals surface area contributed by atoms with Gasteiger partial charge in [-0.15, -0.1) is 0 Å². The van der Waals surface area contributed by atoms with Crippen LogP contribution in [0.2, 0.25) is 15.1 Å². The first-order chi connectivity index (χ1) is 20.2. The number of hydrogen-bond acceptors (Lipinski definition) is 8. The van der Waals surface area contributed by atoms with Crippen molar-refractivity contribution in [2.75, 3.05) is 33.5 Å². The molecule has 1 heterocycles. The lowest BCUT2D eigenvalue weighted by molar-refractivity contribution is -0.140. The number of Topliss-reactive ketones (excluding diaryl/α,β-unsaturated/α-hetero) is 1. The van der Waals surface area contributed by atoms with Gasteiger partial charge in [-0.2, -0.15) is 0 Å². The number of carbonyl (C=O) groups excluding carboxylic acids is 2. The molecule has 0 radical (unpaired) electrons. The number of aromatic nitrogens is 1. The molecule has 0 saturated carbocycles. The van der Waals surface area contributed by atoms with Crippen LogP contribution in [0, 0.1) is 0 Å². The number of hydrogen-bond donors (Lipinski definition) is 0. The van der Waals surface area contributed by atoms with Crippen LogP contribution in [0.3, 0.4) is 0 Å². The van der Waals surface area contributed by atoms with E-state index in [9.17, 15) is 9.59 Å². The molecule has 0 bridgehead atoms. The predicted octanol–water partition coefficient (Wildman–Crippen LogP) is 8.02. The van der Waals surface area contributed by atoms with Crippen LogP contribution in [0.15, 0.2) is 52.9 Å². The Kier molecular flexibility index (Phi) is 11.5. The number of fused-ring (bicyclic) bond motifs is 1. The number of carbonyl (C=O) groups is 2. The Hall–Kier alpha value is -3.30. The number of nitrogens with zero attached hydrogens (tertiary/aromatic N) is 1. The van der Waals surface area contributed by atoms with E-state index >= 15 is 0 Å². The number of benzene rings is 3. The second-order valence-corrected chi connectivity index (χ2v) is 10.6. The average molecular weight is 635 g/mol. The molecule has 0 N–H and O–H groups in total. The molecule has 0 atom stereocenters. The summed E-state index contributed by atoms with van der Waals surface area (Å²) in [5.41, 5.74) is 3.30. The van der Waals surface area contributed by atoms with Crippen molar-refractivity contribution >= 4 is 57.7 Å². The molecule has 4 aromatic rings. The summed E-state index contributed by atoms with van der Waals surface area (Å²) in [4.78, 5) is 27.4. The van der Waals surface area contributed by atoms with Crippen LogP contribution in [0.5, 0.6) is 11.5 Å². The summed E-state index contributed by atoms with van der Waals surface area (Å²) < 4.78 is 27.7. The Labute approximate surface area is 258 Å². The van der Waals surface area contributed by atoms with Gasteiger partial charge in [-0.3, -0.25) is 9.59 Å². The number of aryl methyl sites for hydroxylation is 1. The summed E-state index contributed by atoms with van der Waals surface area (Å²) in [7, 11) is 1.35. The minimum atomic E-state index is -0.295. The van der Waals surface area contributed by atoms with E-state index < -0.39 is 0 Å². The second kappa shape index (κ2) is 15.3. The van der Waals surface area contributed by atoms with Crippen LogP contribution in [-0.2, 0) is 20.7 Å². The van der Waals surface area contributed by atoms with Crippen LogP contribution >= 0.6 is 34.8 Å². The number of oxazole rings is 1. The summed E-state index contributed by atoms with van der Waals surface area (Å²) in [6, 6.07) is 14.0. The molecule has 0 fully saturated rings. The van der Waals surface area contributed by atoms with Gasteiger partial charge in [0, 0.05) is 43.6 Å². The topological polar surface area (TPSA) is 97.1 Å². The molecule has 11 heteroatoms. The maximum absolute atomic E-state index is 11.6. The summed E-state index contributed by atoms with van der Waals surface area (Å²) in [5, 5.41) is 1.22. The fourth-order valence-electron chi connectivity index (χ4n) is 4.04. The van der Waals surface area contributed by atoms with Crippen molar-refractivity contribution in [3.8, 4) is 23.0 Å². The van der Waals surface area contributed by atoms with Crippen LogP contribution in [-0.4, -0.2) is 50.3 Å². The number of rotatable bonds is 15. The normalized spacial score (nSPS) is 11.1. The SMILES string of the molecule is COC(=O)CCc1cc(Cl)c(OCCCOCCCOc2ccc(-c3nc4ccc(C(C)=O)cc4o3)cc2Cl)c(Cl)c1. The highest BCUT2D eigenvalue weighted by molar-refractivity contribution is 6.37. The maximum atomic E-state index is 11.6. The molecule has 0 amide bonds. The molecule has 4 rings (SSSR count). The van der Waals surface area contributed by atoms with Crippen molar-refractivity contribution in [3.05, 3.63) is 74.7 Å². The van der Waals surface area contributed by atoms with E-state index in [4.69, 9.17) is 53.4 Å². The molecular formula is C31H30Cl3NO7. The number of ketones is 1. The zero-order valence-corrected chi connectivity index (χ0v) is 25.5. The number of halogens is 3. The standard InChI is InChI=1S/C31H30Cl3NO7/c1-19(36)21-6-8-26-28(18-21)42-31(35-26)22-7-9-27(23(32)17-22)40-13-3-11-39-12-4-14-41-30-24(33)15-20(16-25(30)34)5-10-29(37)38-2/h6-9,15-18H,3-5,10-14H2,1-2H3. The zero-order chi connectivity index (χ0) is 30.1. The van der Waals surface area contributed by atoms with Crippen LogP contribution in [0.1, 0.15) is 42.1 Å². The van der Waals surface area contributed by atoms with Gasteiger partial charge in [0.2, 0.25) is 5.89 Å². The summed E-state index contributed by atoms with van der Waals surface area (Å²) >= 11 is 19.1. The molecule has 8 nitrogen and oxygen atoms in total. The van der Waals surface area contributed by atoms with Gasteiger partial charge in [0.1, 0.15) is 11.3 Å². The van der Waals surface area contributed by atoms with Gasteiger partial charge in [-0.05, 0) is 67.4 Å². The lowest BCUT2D eigenvalue weighted by Crippen LogP contribution is -2.07. The molecule has 1 aromatic heterocycles. The Morgan fingerprint density at radius 2 is 1.57 bits per heavy atom. The van der Waals surface area contributed by atoms with Gasteiger partial charge in [0.15, 0.2) is 17.1 Å². The van der Waals surface area contributed by atoms with Crippen molar-refractivity contribution in [2.45, 2.75) is 32.6 Å². The van der Waals surface area contributed by atoms with Crippen molar-refractivity contribution in [1.29, 1.82) is 0 Å².